The van der Waals surface area contributed by atoms with Gasteiger partial charge in [-0.2, -0.15) is 0 Å². The van der Waals surface area contributed by atoms with Gasteiger partial charge < -0.3 is 5.11 Å². The Hall–Kier alpha value is -2.01. The Morgan fingerprint density at radius 3 is 2.15 bits per heavy atom. The van der Waals surface area contributed by atoms with Gasteiger partial charge in [0.2, 0.25) is 6.04 Å². The van der Waals surface area contributed by atoms with Crippen LogP contribution in [0.25, 0.3) is 0 Å². The molecule has 0 saturated carbocycles. The first-order valence-electron chi connectivity index (χ1n) is 9.90. The highest BCUT2D eigenvalue weighted by molar-refractivity contribution is 5.50. The van der Waals surface area contributed by atoms with Crippen molar-refractivity contribution in [3.05, 3.63) is 58.7 Å². The zero-order valence-electron chi connectivity index (χ0n) is 16.5. The van der Waals surface area contributed by atoms with Crippen molar-refractivity contribution in [3.63, 3.8) is 0 Å². The summed E-state index contributed by atoms with van der Waals surface area (Å²) < 4.78 is 0. The number of carbonyl (C=O) groups excluding carboxylic acids is 1. The monoisotopic (exact) mass is 376 g/mol. The Morgan fingerprint density at radius 2 is 1.52 bits per heavy atom. The summed E-state index contributed by atoms with van der Waals surface area (Å²) in [4.78, 5) is 20.8. The number of unbranched alkanes of at least 4 members (excludes halogenated alkanes) is 4. The fourth-order valence-electron chi connectivity index (χ4n) is 2.44. The minimum Gasteiger partial charge on any atom is -0.386 e. The summed E-state index contributed by atoms with van der Waals surface area (Å²) in [7, 11) is 0. The average molecular weight is 377 g/mol. The molecule has 5 nitrogen and oxygen atoms in total. The maximum Gasteiger partial charge on any atom is 0.242 e. The van der Waals surface area contributed by atoms with E-state index >= 15 is 0 Å². The van der Waals surface area contributed by atoms with Crippen LogP contribution in [0.5, 0.6) is 0 Å². The number of aliphatic hydroxyl groups is 1. The lowest BCUT2D eigenvalue weighted by molar-refractivity contribution is -0.533. The summed E-state index contributed by atoms with van der Waals surface area (Å²) in [5.74, 6) is 0. The molecule has 1 radical (unpaired) electrons. The van der Waals surface area contributed by atoms with Crippen LogP contribution in [0.3, 0.4) is 0 Å². The molecule has 0 spiro atoms. The molecule has 0 aliphatic rings. The molecule has 27 heavy (non-hydrogen) atoms. The van der Waals surface area contributed by atoms with E-state index in [0.717, 1.165) is 38.5 Å². The molecule has 0 amide bonds. The molecule has 2 atom stereocenters. The number of nitrogens with zero attached hydrogens (tertiary/aromatic N) is 1. The maximum atomic E-state index is 11.2. The molecule has 0 aliphatic heterocycles. The van der Waals surface area contributed by atoms with Gasteiger partial charge in [-0.1, -0.05) is 68.4 Å². The molecule has 5 heteroatoms. The van der Waals surface area contributed by atoms with Crippen molar-refractivity contribution in [1.82, 2.24) is 0 Å². The molecule has 0 aromatic heterocycles. The Bertz CT molecular complexity index is 495. The minimum atomic E-state index is -0.974. The number of hydrogen-bond donors (Lipinski definition) is 1. The summed E-state index contributed by atoms with van der Waals surface area (Å²) in [6.45, 7) is 2.14. The van der Waals surface area contributed by atoms with E-state index in [1.807, 2.05) is 48.8 Å². The topological polar surface area (TPSA) is 80.4 Å². The van der Waals surface area contributed by atoms with Crippen LogP contribution in [-0.4, -0.2) is 28.5 Å². The number of allylic oxidation sites excluding steroid dienone is 6. The number of hydrogen-bond acceptors (Lipinski definition) is 4. The highest BCUT2D eigenvalue weighted by Gasteiger charge is 2.27. The van der Waals surface area contributed by atoms with Crippen molar-refractivity contribution >= 4 is 6.29 Å². The van der Waals surface area contributed by atoms with Gasteiger partial charge >= 0.3 is 0 Å². The first-order valence-corrected chi connectivity index (χ1v) is 9.90. The third kappa shape index (κ3) is 15.9. The van der Waals surface area contributed by atoms with Crippen LogP contribution in [0, 0.1) is 10.1 Å². The standard InChI is InChI=1S/C22H34NO4/c1-2-3-4-5-12-15-18-21(23(26)27)22(25)19-16-13-10-8-6-7-9-11-14-17-20-24/h6,8-9,11-13,15-16,21-22,25H,2-5,7,10,14,17-19H2,1H3/b8-6-,11-9-,15-12-,16-13-. The molecule has 2 unspecified atom stereocenters. The number of nitro groups is 1. The molecule has 0 aromatic rings. The predicted octanol–water partition coefficient (Wildman–Crippen LogP) is 5.25. The van der Waals surface area contributed by atoms with Gasteiger partial charge in [-0.25, -0.2) is 0 Å². The lowest BCUT2D eigenvalue weighted by Gasteiger charge is -2.12. The van der Waals surface area contributed by atoms with E-state index in [-0.39, 0.29) is 17.8 Å². The molecule has 0 bridgehead atoms. The first-order chi connectivity index (χ1) is 13.1. The second-order valence-corrected chi connectivity index (χ2v) is 6.43. The smallest absolute Gasteiger partial charge is 0.242 e. The van der Waals surface area contributed by atoms with Gasteiger partial charge in [0, 0.05) is 17.8 Å². The van der Waals surface area contributed by atoms with Gasteiger partial charge in [0.15, 0.2) is 6.29 Å². The van der Waals surface area contributed by atoms with Crippen molar-refractivity contribution in [2.24, 2.45) is 0 Å². The molecular weight excluding hydrogens is 342 g/mol. The van der Waals surface area contributed by atoms with E-state index in [1.165, 1.54) is 6.42 Å². The fraction of sp³-hybridized carbons (Fsp3) is 0.591. The van der Waals surface area contributed by atoms with Gasteiger partial charge in [-0.3, -0.25) is 14.9 Å². The predicted molar refractivity (Wildman–Crippen MR) is 111 cm³/mol. The van der Waals surface area contributed by atoms with Crippen molar-refractivity contribution in [1.29, 1.82) is 0 Å². The Kier molecular flexibility index (Phi) is 17.4. The molecule has 0 rings (SSSR count). The largest absolute Gasteiger partial charge is 0.386 e. The van der Waals surface area contributed by atoms with Crippen LogP contribution in [0.4, 0.5) is 0 Å². The molecule has 0 aliphatic carbocycles. The highest BCUT2D eigenvalue weighted by Crippen LogP contribution is 2.10. The lowest BCUT2D eigenvalue weighted by Crippen LogP contribution is -2.32. The van der Waals surface area contributed by atoms with E-state index in [4.69, 9.17) is 0 Å². The van der Waals surface area contributed by atoms with Gasteiger partial charge in [-0.05, 0) is 38.5 Å². The van der Waals surface area contributed by atoms with Crippen LogP contribution in [0.1, 0.15) is 71.1 Å². The SMILES string of the molecule is CCCCC/C=C\CC(C(O)C/C=C\C/C=C\C/C=C\CC[C]=O)[N+](=O)[O-]. The van der Waals surface area contributed by atoms with E-state index in [2.05, 4.69) is 6.92 Å². The van der Waals surface area contributed by atoms with E-state index in [9.17, 15) is 20.0 Å². The molecule has 1 N–H and O–H groups in total. The fourth-order valence-corrected chi connectivity index (χ4v) is 2.44. The molecule has 0 fully saturated rings. The van der Waals surface area contributed by atoms with Crippen LogP contribution < -0.4 is 0 Å². The maximum absolute atomic E-state index is 11.2. The van der Waals surface area contributed by atoms with Crippen LogP contribution in [0.15, 0.2) is 48.6 Å². The van der Waals surface area contributed by atoms with E-state index < -0.39 is 12.1 Å². The van der Waals surface area contributed by atoms with Gasteiger partial charge in [0.1, 0.15) is 6.10 Å². The normalized spacial score (nSPS) is 14.6. The quantitative estimate of drug-likeness (QED) is 0.163. The van der Waals surface area contributed by atoms with E-state index in [0.29, 0.717) is 6.42 Å². The second-order valence-electron chi connectivity index (χ2n) is 6.43. The van der Waals surface area contributed by atoms with Gasteiger partial charge in [-0.15, -0.1) is 0 Å². The lowest BCUT2D eigenvalue weighted by atomic mass is 10.0. The van der Waals surface area contributed by atoms with E-state index in [1.54, 1.807) is 6.08 Å². The van der Waals surface area contributed by atoms with Crippen LogP contribution >= 0.6 is 0 Å². The van der Waals surface area contributed by atoms with Crippen molar-refractivity contribution < 1.29 is 14.8 Å². The zero-order chi connectivity index (χ0) is 20.2. The Labute approximate surface area is 163 Å². The molecule has 0 saturated heterocycles. The van der Waals surface area contributed by atoms with Crippen molar-refractivity contribution in [3.8, 4) is 0 Å². The van der Waals surface area contributed by atoms with Gasteiger partial charge in [0.05, 0.1) is 0 Å². The zero-order valence-corrected chi connectivity index (χ0v) is 16.5. The summed E-state index contributed by atoms with van der Waals surface area (Å²) in [6.07, 6.45) is 23.9. The summed E-state index contributed by atoms with van der Waals surface area (Å²) >= 11 is 0. The summed E-state index contributed by atoms with van der Waals surface area (Å²) in [5, 5.41) is 21.2. The summed E-state index contributed by atoms with van der Waals surface area (Å²) in [6, 6.07) is -0.957. The second kappa shape index (κ2) is 18.8. The van der Waals surface area contributed by atoms with Crippen molar-refractivity contribution in [2.75, 3.05) is 0 Å². The van der Waals surface area contributed by atoms with Crippen molar-refractivity contribution in [2.45, 2.75) is 83.3 Å². The summed E-state index contributed by atoms with van der Waals surface area (Å²) in [5.41, 5.74) is 0. The number of aliphatic hydroxyl groups excluding tert-OH is 1. The first kappa shape index (κ1) is 25.0. The molecule has 0 heterocycles. The van der Waals surface area contributed by atoms with Gasteiger partial charge in [0.25, 0.3) is 0 Å². The third-order valence-electron chi connectivity index (χ3n) is 4.07. The third-order valence-corrected chi connectivity index (χ3v) is 4.07. The van der Waals surface area contributed by atoms with Crippen LogP contribution in [0.2, 0.25) is 0 Å². The highest BCUT2D eigenvalue weighted by atomic mass is 16.6. The number of rotatable bonds is 17. The molecule has 151 valence electrons. The molecule has 0 aromatic carbocycles. The Morgan fingerprint density at radius 1 is 0.926 bits per heavy atom. The van der Waals surface area contributed by atoms with Crippen LogP contribution in [-0.2, 0) is 4.79 Å². The minimum absolute atomic E-state index is 0.266. The molecular formula is C22H34NO4. The average Bonchev–Trinajstić information content (AvgIpc) is 2.65. The Balaban J connectivity index is 4.06.